The Kier molecular flexibility index (Phi) is 5.55. The molecule has 6 nitrogen and oxygen atoms in total. The van der Waals surface area contributed by atoms with Crippen molar-refractivity contribution >= 4 is 28.3 Å². The van der Waals surface area contributed by atoms with Crippen molar-refractivity contribution in [3.05, 3.63) is 71.6 Å². The van der Waals surface area contributed by atoms with Crippen molar-refractivity contribution < 1.29 is 19.4 Å². The van der Waals surface area contributed by atoms with Crippen LogP contribution in [0, 0.1) is 5.92 Å². The van der Waals surface area contributed by atoms with Gasteiger partial charge >= 0.3 is 0 Å². The number of fused-ring (bicyclic) bond motifs is 1. The fourth-order valence-corrected chi connectivity index (χ4v) is 3.86. The van der Waals surface area contributed by atoms with Crippen LogP contribution in [0.25, 0.3) is 16.5 Å². The molecule has 0 saturated heterocycles. The van der Waals surface area contributed by atoms with E-state index in [0.29, 0.717) is 30.3 Å². The molecule has 1 N–H and O–H groups in total. The highest BCUT2D eigenvalue weighted by atomic mass is 16.5. The fraction of sp³-hybridized carbons (Fsp3) is 0.280. The van der Waals surface area contributed by atoms with E-state index in [1.54, 1.807) is 24.3 Å². The molecule has 0 saturated carbocycles. The highest BCUT2D eigenvalue weighted by Crippen LogP contribution is 2.30. The molecule has 0 radical (unpaired) electrons. The Balaban J connectivity index is 1.50. The summed E-state index contributed by atoms with van der Waals surface area (Å²) in [5.41, 5.74) is 2.69. The predicted molar refractivity (Wildman–Crippen MR) is 120 cm³/mol. The molecule has 0 unspecified atom stereocenters. The number of rotatable bonds is 7. The monoisotopic (exact) mass is 418 g/mol. The van der Waals surface area contributed by atoms with Gasteiger partial charge in [0.2, 0.25) is 0 Å². The second kappa shape index (κ2) is 8.30. The van der Waals surface area contributed by atoms with Gasteiger partial charge in [-0.25, -0.2) is 0 Å². The smallest absolute Gasteiger partial charge is 0.296 e. The maximum Gasteiger partial charge on any atom is 0.296 e. The molecule has 6 heteroatoms. The summed E-state index contributed by atoms with van der Waals surface area (Å²) in [6, 6.07) is 14.9. The Bertz CT molecular complexity index is 1170. The van der Waals surface area contributed by atoms with Gasteiger partial charge in [-0.05, 0) is 41.7 Å². The van der Waals surface area contributed by atoms with Crippen LogP contribution >= 0.6 is 0 Å². The number of hydrogen-bond donors (Lipinski definition) is 1. The number of carbonyl (C=O) groups excluding carboxylic acids is 2. The zero-order valence-corrected chi connectivity index (χ0v) is 18.0. The van der Waals surface area contributed by atoms with Gasteiger partial charge in [0.1, 0.15) is 5.75 Å². The standard InChI is InChI=1S/C25H26N2O4/c1-16(2)15-31-19-10-8-17(9-11-19)22-23(28)25(30)27(24(22)29)13-12-18-14-26(3)21-7-5-4-6-20(18)21/h4-11,14,16,28H,12-13,15H2,1-3H3. The van der Waals surface area contributed by atoms with Crippen LogP contribution < -0.4 is 4.74 Å². The van der Waals surface area contributed by atoms with Gasteiger partial charge in [0.15, 0.2) is 5.76 Å². The first-order valence-corrected chi connectivity index (χ1v) is 10.4. The van der Waals surface area contributed by atoms with E-state index in [9.17, 15) is 14.7 Å². The van der Waals surface area contributed by atoms with Gasteiger partial charge in [-0.3, -0.25) is 14.5 Å². The quantitative estimate of drug-likeness (QED) is 0.587. The molecule has 3 aromatic rings. The zero-order chi connectivity index (χ0) is 22.1. The number of aliphatic hydroxyl groups is 1. The van der Waals surface area contributed by atoms with E-state index in [1.165, 1.54) is 0 Å². The summed E-state index contributed by atoms with van der Waals surface area (Å²) in [5.74, 6) is -0.546. The largest absolute Gasteiger partial charge is 0.502 e. The highest BCUT2D eigenvalue weighted by Gasteiger charge is 2.38. The van der Waals surface area contributed by atoms with E-state index in [0.717, 1.165) is 21.4 Å². The molecule has 1 aliphatic heterocycles. The average Bonchev–Trinajstić information content (AvgIpc) is 3.19. The molecule has 31 heavy (non-hydrogen) atoms. The van der Waals surface area contributed by atoms with Crippen LogP contribution in [0.5, 0.6) is 5.75 Å². The summed E-state index contributed by atoms with van der Waals surface area (Å²) in [6.45, 7) is 4.92. The fourth-order valence-electron chi connectivity index (χ4n) is 3.86. The first-order chi connectivity index (χ1) is 14.9. The maximum absolute atomic E-state index is 13.0. The van der Waals surface area contributed by atoms with Crippen molar-refractivity contribution in [3.8, 4) is 5.75 Å². The molecule has 0 aliphatic carbocycles. The van der Waals surface area contributed by atoms with Crippen LogP contribution in [0.15, 0.2) is 60.5 Å². The molecule has 0 spiro atoms. The predicted octanol–water partition coefficient (Wildman–Crippen LogP) is 4.09. The summed E-state index contributed by atoms with van der Waals surface area (Å²) in [7, 11) is 1.97. The molecule has 2 aromatic carbocycles. The minimum absolute atomic E-state index is 0.0401. The summed E-state index contributed by atoms with van der Waals surface area (Å²) in [4.78, 5) is 26.7. The normalized spacial score (nSPS) is 14.4. The third-order valence-corrected chi connectivity index (χ3v) is 5.45. The lowest BCUT2D eigenvalue weighted by atomic mass is 10.1. The first kappa shape index (κ1) is 20.7. The Labute approximate surface area is 181 Å². The summed E-state index contributed by atoms with van der Waals surface area (Å²) in [5, 5.41) is 11.5. The maximum atomic E-state index is 13.0. The van der Waals surface area contributed by atoms with Gasteiger partial charge in [-0.2, -0.15) is 0 Å². The Morgan fingerprint density at radius 1 is 1.00 bits per heavy atom. The number of ether oxygens (including phenoxy) is 1. The van der Waals surface area contributed by atoms with E-state index in [2.05, 4.69) is 13.8 Å². The summed E-state index contributed by atoms with van der Waals surface area (Å²) >= 11 is 0. The lowest BCUT2D eigenvalue weighted by Gasteiger charge is -2.14. The van der Waals surface area contributed by atoms with E-state index >= 15 is 0 Å². The van der Waals surface area contributed by atoms with Crippen LogP contribution in [0.4, 0.5) is 0 Å². The molecule has 2 amide bonds. The number of para-hydroxylation sites is 1. The van der Waals surface area contributed by atoms with Crippen LogP contribution in [-0.2, 0) is 23.1 Å². The number of nitrogens with zero attached hydrogens (tertiary/aromatic N) is 2. The van der Waals surface area contributed by atoms with Crippen LogP contribution in [0.1, 0.15) is 25.0 Å². The Hall–Kier alpha value is -3.54. The van der Waals surface area contributed by atoms with Crippen molar-refractivity contribution in [3.63, 3.8) is 0 Å². The van der Waals surface area contributed by atoms with E-state index in [4.69, 9.17) is 4.74 Å². The lowest BCUT2D eigenvalue weighted by Crippen LogP contribution is -2.33. The Morgan fingerprint density at radius 2 is 1.71 bits per heavy atom. The lowest BCUT2D eigenvalue weighted by molar-refractivity contribution is -0.138. The van der Waals surface area contributed by atoms with Gasteiger partial charge in [0, 0.05) is 30.7 Å². The minimum Gasteiger partial charge on any atom is -0.502 e. The van der Waals surface area contributed by atoms with Crippen LogP contribution in [-0.4, -0.2) is 39.5 Å². The van der Waals surface area contributed by atoms with Gasteiger partial charge in [0.05, 0.1) is 12.2 Å². The third-order valence-electron chi connectivity index (χ3n) is 5.45. The van der Waals surface area contributed by atoms with E-state index < -0.39 is 17.6 Å². The number of aromatic nitrogens is 1. The molecule has 160 valence electrons. The Morgan fingerprint density at radius 3 is 2.42 bits per heavy atom. The minimum atomic E-state index is -0.652. The second-order valence-electron chi connectivity index (χ2n) is 8.25. The van der Waals surface area contributed by atoms with Crippen molar-refractivity contribution in [1.29, 1.82) is 0 Å². The number of carbonyl (C=O) groups is 2. The summed E-state index contributed by atoms with van der Waals surface area (Å²) in [6.07, 6.45) is 2.53. The second-order valence-corrected chi connectivity index (χ2v) is 8.25. The van der Waals surface area contributed by atoms with Crippen LogP contribution in [0.3, 0.4) is 0 Å². The van der Waals surface area contributed by atoms with Crippen molar-refractivity contribution in [2.24, 2.45) is 13.0 Å². The molecule has 1 aliphatic rings. The third kappa shape index (κ3) is 3.93. The molecular weight excluding hydrogens is 392 g/mol. The first-order valence-electron chi connectivity index (χ1n) is 10.4. The number of hydrogen-bond acceptors (Lipinski definition) is 4. The number of aliphatic hydroxyl groups excluding tert-OH is 1. The molecule has 0 atom stereocenters. The van der Waals surface area contributed by atoms with Gasteiger partial charge in [-0.1, -0.05) is 44.2 Å². The molecule has 4 rings (SSSR count). The molecule has 0 bridgehead atoms. The molecular formula is C25H26N2O4. The highest BCUT2D eigenvalue weighted by molar-refractivity contribution is 6.34. The SMILES string of the molecule is CC(C)COc1ccc(C2=C(O)C(=O)N(CCc3cn(C)c4ccccc34)C2=O)cc1. The van der Waals surface area contributed by atoms with Crippen molar-refractivity contribution in [1.82, 2.24) is 9.47 Å². The van der Waals surface area contributed by atoms with Gasteiger partial charge in [0.25, 0.3) is 11.8 Å². The zero-order valence-electron chi connectivity index (χ0n) is 18.0. The van der Waals surface area contributed by atoms with Crippen molar-refractivity contribution in [2.45, 2.75) is 20.3 Å². The summed E-state index contributed by atoms with van der Waals surface area (Å²) < 4.78 is 7.69. The van der Waals surface area contributed by atoms with E-state index in [-0.39, 0.29) is 12.1 Å². The van der Waals surface area contributed by atoms with E-state index in [1.807, 2.05) is 42.1 Å². The number of amides is 2. The number of aryl methyl sites for hydroxylation is 1. The van der Waals surface area contributed by atoms with Gasteiger partial charge < -0.3 is 14.4 Å². The van der Waals surface area contributed by atoms with Gasteiger partial charge in [-0.15, -0.1) is 0 Å². The molecule has 2 heterocycles. The number of imide groups is 1. The topological polar surface area (TPSA) is 71.8 Å². The van der Waals surface area contributed by atoms with Crippen LogP contribution in [0.2, 0.25) is 0 Å². The average molecular weight is 418 g/mol. The van der Waals surface area contributed by atoms with Crippen molar-refractivity contribution in [2.75, 3.05) is 13.2 Å². The molecule has 0 fully saturated rings. The number of benzene rings is 2. The molecule has 1 aromatic heterocycles.